The van der Waals surface area contributed by atoms with Crippen LogP contribution in [0.1, 0.15) is 16.6 Å². The van der Waals surface area contributed by atoms with E-state index in [1.807, 2.05) is 0 Å². The standard InChI is InChI=1S/C11H9ClF2N2S/c12-7-4-8(13)6(3-9(7)14)10(15)5-11-16-1-2-17-11/h1-4,10H,5,15H2. The van der Waals surface area contributed by atoms with Crippen LogP contribution in [0.25, 0.3) is 0 Å². The molecular formula is C11H9ClF2N2S. The minimum absolute atomic E-state index is 0.113. The molecule has 90 valence electrons. The van der Waals surface area contributed by atoms with Gasteiger partial charge in [-0.25, -0.2) is 13.8 Å². The van der Waals surface area contributed by atoms with Crippen LogP contribution in [0, 0.1) is 11.6 Å². The monoisotopic (exact) mass is 274 g/mol. The van der Waals surface area contributed by atoms with E-state index < -0.39 is 17.7 Å². The molecule has 0 bridgehead atoms. The smallest absolute Gasteiger partial charge is 0.142 e. The molecule has 0 fully saturated rings. The van der Waals surface area contributed by atoms with Crippen molar-refractivity contribution in [3.05, 3.63) is 50.9 Å². The summed E-state index contributed by atoms with van der Waals surface area (Å²) in [6.45, 7) is 0. The maximum absolute atomic E-state index is 13.6. The van der Waals surface area contributed by atoms with E-state index in [2.05, 4.69) is 4.98 Å². The number of hydrogen-bond acceptors (Lipinski definition) is 3. The Morgan fingerprint density at radius 2 is 2.12 bits per heavy atom. The fourth-order valence-electron chi connectivity index (χ4n) is 1.47. The van der Waals surface area contributed by atoms with Crippen LogP contribution in [-0.2, 0) is 6.42 Å². The summed E-state index contributed by atoms with van der Waals surface area (Å²) in [6, 6.07) is 1.34. The third kappa shape index (κ3) is 2.80. The molecule has 1 aromatic heterocycles. The summed E-state index contributed by atoms with van der Waals surface area (Å²) in [5, 5.41) is 2.35. The van der Waals surface area contributed by atoms with Gasteiger partial charge in [-0.15, -0.1) is 11.3 Å². The number of aromatic nitrogens is 1. The summed E-state index contributed by atoms with van der Waals surface area (Å²) in [7, 11) is 0. The highest BCUT2D eigenvalue weighted by molar-refractivity contribution is 7.09. The molecule has 1 aromatic carbocycles. The summed E-state index contributed by atoms with van der Waals surface area (Å²) in [4.78, 5) is 4.05. The molecule has 0 saturated carbocycles. The largest absolute Gasteiger partial charge is 0.324 e. The maximum atomic E-state index is 13.6. The zero-order valence-electron chi connectivity index (χ0n) is 8.66. The molecule has 1 atom stereocenters. The molecule has 6 heteroatoms. The number of rotatable bonds is 3. The zero-order chi connectivity index (χ0) is 12.4. The van der Waals surface area contributed by atoms with Crippen molar-refractivity contribution in [1.82, 2.24) is 4.98 Å². The molecule has 0 aliphatic rings. The SMILES string of the molecule is NC(Cc1nccs1)c1cc(F)c(Cl)cc1F. The van der Waals surface area contributed by atoms with Gasteiger partial charge in [0.15, 0.2) is 0 Å². The van der Waals surface area contributed by atoms with Gasteiger partial charge in [-0.3, -0.25) is 0 Å². The summed E-state index contributed by atoms with van der Waals surface area (Å²) >= 11 is 6.89. The number of hydrogen-bond donors (Lipinski definition) is 1. The van der Waals surface area contributed by atoms with Gasteiger partial charge in [-0.1, -0.05) is 11.6 Å². The second kappa shape index (κ2) is 5.08. The number of nitrogens with zero attached hydrogens (tertiary/aromatic N) is 1. The Morgan fingerprint density at radius 3 is 2.76 bits per heavy atom. The quantitative estimate of drug-likeness (QED) is 0.872. The van der Waals surface area contributed by atoms with E-state index in [0.717, 1.165) is 17.1 Å². The first-order valence-electron chi connectivity index (χ1n) is 4.86. The lowest BCUT2D eigenvalue weighted by Crippen LogP contribution is -2.15. The van der Waals surface area contributed by atoms with E-state index in [4.69, 9.17) is 17.3 Å². The number of benzene rings is 1. The summed E-state index contributed by atoms with van der Waals surface area (Å²) in [6.07, 6.45) is 2.02. The van der Waals surface area contributed by atoms with Crippen LogP contribution >= 0.6 is 22.9 Å². The molecule has 2 nitrogen and oxygen atoms in total. The first-order valence-corrected chi connectivity index (χ1v) is 6.12. The molecule has 2 N–H and O–H groups in total. The fraction of sp³-hybridized carbons (Fsp3) is 0.182. The molecule has 2 rings (SSSR count). The lowest BCUT2D eigenvalue weighted by Gasteiger charge is -2.12. The Morgan fingerprint density at radius 1 is 1.35 bits per heavy atom. The minimum Gasteiger partial charge on any atom is -0.324 e. The van der Waals surface area contributed by atoms with Gasteiger partial charge in [-0.2, -0.15) is 0 Å². The molecule has 0 radical (unpaired) electrons. The third-order valence-corrected chi connectivity index (χ3v) is 3.41. The van der Waals surface area contributed by atoms with Gasteiger partial charge in [0.25, 0.3) is 0 Å². The Bertz CT molecular complexity index is 516. The van der Waals surface area contributed by atoms with Crippen LogP contribution < -0.4 is 5.73 Å². The van der Waals surface area contributed by atoms with Crippen molar-refractivity contribution in [2.75, 3.05) is 0 Å². The highest BCUT2D eigenvalue weighted by Crippen LogP contribution is 2.25. The normalized spacial score (nSPS) is 12.7. The lowest BCUT2D eigenvalue weighted by atomic mass is 10.0. The molecule has 2 aromatic rings. The van der Waals surface area contributed by atoms with Crippen molar-refractivity contribution < 1.29 is 8.78 Å². The number of halogens is 3. The third-order valence-electron chi connectivity index (χ3n) is 2.32. The highest BCUT2D eigenvalue weighted by Gasteiger charge is 2.16. The fourth-order valence-corrected chi connectivity index (χ4v) is 2.30. The molecule has 0 spiro atoms. The van der Waals surface area contributed by atoms with E-state index in [1.54, 1.807) is 11.6 Å². The van der Waals surface area contributed by atoms with E-state index in [0.29, 0.717) is 6.42 Å². The molecule has 0 aliphatic heterocycles. The topological polar surface area (TPSA) is 38.9 Å². The van der Waals surface area contributed by atoms with Crippen LogP contribution in [-0.4, -0.2) is 4.98 Å². The summed E-state index contributed by atoms with van der Waals surface area (Å²) in [5.41, 5.74) is 5.94. The first kappa shape index (κ1) is 12.4. The molecule has 1 heterocycles. The molecule has 0 aliphatic carbocycles. The van der Waals surface area contributed by atoms with E-state index in [1.165, 1.54) is 11.3 Å². The first-order chi connectivity index (χ1) is 8.08. The van der Waals surface area contributed by atoms with Gasteiger partial charge in [-0.05, 0) is 12.1 Å². The molecule has 0 saturated heterocycles. The highest BCUT2D eigenvalue weighted by atomic mass is 35.5. The van der Waals surface area contributed by atoms with E-state index >= 15 is 0 Å². The second-order valence-corrected chi connectivity index (χ2v) is 4.91. The molecular weight excluding hydrogens is 266 g/mol. The van der Waals surface area contributed by atoms with Crippen LogP contribution in [0.2, 0.25) is 5.02 Å². The van der Waals surface area contributed by atoms with Crippen LogP contribution in [0.15, 0.2) is 23.7 Å². The Kier molecular flexibility index (Phi) is 3.71. The predicted octanol–water partition coefficient (Wildman–Crippen LogP) is 3.32. The second-order valence-electron chi connectivity index (χ2n) is 3.52. The minimum atomic E-state index is -0.669. The van der Waals surface area contributed by atoms with Gasteiger partial charge >= 0.3 is 0 Å². The molecule has 0 amide bonds. The van der Waals surface area contributed by atoms with Gasteiger partial charge in [0, 0.05) is 29.6 Å². The average Bonchev–Trinajstić information content (AvgIpc) is 2.76. The average molecular weight is 275 g/mol. The summed E-state index contributed by atoms with van der Waals surface area (Å²) < 4.78 is 26.8. The lowest BCUT2D eigenvalue weighted by molar-refractivity contribution is 0.561. The van der Waals surface area contributed by atoms with Gasteiger partial charge in [0.1, 0.15) is 11.6 Å². The number of thiazole rings is 1. The summed E-state index contributed by atoms with van der Waals surface area (Å²) in [5.74, 6) is -1.27. The van der Waals surface area contributed by atoms with Crippen molar-refractivity contribution in [2.45, 2.75) is 12.5 Å². The zero-order valence-corrected chi connectivity index (χ0v) is 10.2. The van der Waals surface area contributed by atoms with E-state index in [-0.39, 0.29) is 10.6 Å². The predicted molar refractivity (Wildman–Crippen MR) is 64.1 cm³/mol. The van der Waals surface area contributed by atoms with Gasteiger partial charge in [0.05, 0.1) is 10.0 Å². The van der Waals surface area contributed by atoms with Gasteiger partial charge in [0.2, 0.25) is 0 Å². The number of nitrogens with two attached hydrogens (primary N) is 1. The van der Waals surface area contributed by atoms with Crippen LogP contribution in [0.5, 0.6) is 0 Å². The van der Waals surface area contributed by atoms with Crippen LogP contribution in [0.4, 0.5) is 8.78 Å². The van der Waals surface area contributed by atoms with Crippen molar-refractivity contribution in [1.29, 1.82) is 0 Å². The van der Waals surface area contributed by atoms with Gasteiger partial charge < -0.3 is 5.73 Å². The van der Waals surface area contributed by atoms with Crippen molar-refractivity contribution in [3.63, 3.8) is 0 Å². The van der Waals surface area contributed by atoms with Crippen molar-refractivity contribution >= 4 is 22.9 Å². The Balaban J connectivity index is 2.24. The van der Waals surface area contributed by atoms with Crippen LogP contribution in [0.3, 0.4) is 0 Å². The van der Waals surface area contributed by atoms with Crippen molar-refractivity contribution in [3.8, 4) is 0 Å². The van der Waals surface area contributed by atoms with Crippen molar-refractivity contribution in [2.24, 2.45) is 5.73 Å². The Hall–Kier alpha value is -1.04. The molecule has 17 heavy (non-hydrogen) atoms. The van der Waals surface area contributed by atoms with E-state index in [9.17, 15) is 8.78 Å². The Labute approximate surface area is 106 Å². The molecule has 1 unspecified atom stereocenters. The maximum Gasteiger partial charge on any atom is 0.142 e.